The molecule has 0 saturated heterocycles. The smallest absolute Gasteiger partial charge is 0.189 e. The quantitative estimate of drug-likeness (QED) is 0.610. The molecule has 0 fully saturated rings. The van der Waals surface area contributed by atoms with Crippen LogP contribution >= 0.6 is 11.3 Å². The van der Waals surface area contributed by atoms with Gasteiger partial charge in [-0.3, -0.25) is 14.3 Å². The first-order valence-corrected chi connectivity index (χ1v) is 5.91. The second-order valence-electron chi connectivity index (χ2n) is 3.68. The third kappa shape index (κ3) is 2.65. The molecular formula is C11H11N3O2S. The molecule has 0 aliphatic rings. The summed E-state index contributed by atoms with van der Waals surface area (Å²) in [6, 6.07) is 0. The molecule has 2 aromatic rings. The summed E-state index contributed by atoms with van der Waals surface area (Å²) in [6.07, 6.45) is 2.90. The van der Waals surface area contributed by atoms with Gasteiger partial charge in [0.1, 0.15) is 5.69 Å². The van der Waals surface area contributed by atoms with Gasteiger partial charge in [0.25, 0.3) is 0 Å². The molecule has 2 aromatic heterocycles. The van der Waals surface area contributed by atoms with E-state index in [4.69, 9.17) is 0 Å². The van der Waals surface area contributed by atoms with Gasteiger partial charge in [0.2, 0.25) is 0 Å². The number of hydrogen-bond acceptors (Lipinski definition) is 5. The first-order chi connectivity index (χ1) is 8.06. The minimum absolute atomic E-state index is 0.158. The van der Waals surface area contributed by atoms with Crippen LogP contribution < -0.4 is 0 Å². The van der Waals surface area contributed by atoms with E-state index in [9.17, 15) is 9.59 Å². The zero-order valence-corrected chi connectivity index (χ0v) is 10.3. The second kappa shape index (κ2) is 4.58. The molecule has 2 rings (SSSR count). The Morgan fingerprint density at radius 1 is 1.41 bits per heavy atom. The minimum atomic E-state index is -0.247. The summed E-state index contributed by atoms with van der Waals surface area (Å²) in [5.41, 5.74) is 0.817. The summed E-state index contributed by atoms with van der Waals surface area (Å²) >= 11 is 1.40. The van der Waals surface area contributed by atoms with Gasteiger partial charge in [-0.15, -0.1) is 11.3 Å². The number of nitrogens with zero attached hydrogens (tertiary/aromatic N) is 3. The van der Waals surface area contributed by atoms with Gasteiger partial charge >= 0.3 is 0 Å². The van der Waals surface area contributed by atoms with E-state index >= 15 is 0 Å². The highest BCUT2D eigenvalue weighted by atomic mass is 32.1. The summed E-state index contributed by atoms with van der Waals surface area (Å²) in [5.74, 6) is -0.475. The van der Waals surface area contributed by atoms with Crippen LogP contribution in [0.4, 0.5) is 0 Å². The molecule has 2 heterocycles. The Morgan fingerprint density at radius 2 is 2.18 bits per heavy atom. The normalized spacial score (nSPS) is 10.5. The van der Waals surface area contributed by atoms with Gasteiger partial charge in [-0.2, -0.15) is 5.10 Å². The molecule has 0 N–H and O–H groups in total. The maximum absolute atomic E-state index is 11.8. The predicted octanol–water partition coefficient (Wildman–Crippen LogP) is 1.64. The van der Waals surface area contributed by atoms with Crippen molar-refractivity contribution in [3.63, 3.8) is 0 Å². The predicted molar refractivity (Wildman–Crippen MR) is 63.3 cm³/mol. The number of aromatic nitrogens is 3. The van der Waals surface area contributed by atoms with Gasteiger partial charge in [0, 0.05) is 18.6 Å². The zero-order valence-electron chi connectivity index (χ0n) is 9.51. The molecular weight excluding hydrogens is 238 g/mol. The van der Waals surface area contributed by atoms with E-state index in [0.29, 0.717) is 11.3 Å². The van der Waals surface area contributed by atoms with E-state index in [1.165, 1.54) is 22.2 Å². The van der Waals surface area contributed by atoms with Crippen molar-refractivity contribution in [3.8, 4) is 0 Å². The Kier molecular flexibility index (Phi) is 3.14. The summed E-state index contributed by atoms with van der Waals surface area (Å²) in [5, 5.41) is 6.39. The van der Waals surface area contributed by atoms with Crippen LogP contribution in [0.3, 0.4) is 0 Å². The number of hydrogen-bond donors (Lipinski definition) is 0. The van der Waals surface area contributed by atoms with Crippen molar-refractivity contribution >= 4 is 22.9 Å². The van der Waals surface area contributed by atoms with Crippen LogP contribution in [-0.2, 0) is 7.05 Å². The lowest BCUT2D eigenvalue weighted by Crippen LogP contribution is -2.08. The molecule has 0 amide bonds. The first kappa shape index (κ1) is 11.7. The monoisotopic (exact) mass is 249 g/mol. The molecule has 5 nitrogen and oxygen atoms in total. The number of Topliss-reactive ketones (excluding diaryl/α,β-unsaturated/α-hetero) is 2. The fourth-order valence-electron chi connectivity index (χ4n) is 1.40. The maximum Gasteiger partial charge on any atom is 0.189 e. The van der Waals surface area contributed by atoms with E-state index in [0.717, 1.165) is 5.01 Å². The summed E-state index contributed by atoms with van der Waals surface area (Å²) in [4.78, 5) is 27.6. The standard InChI is InChI=1S/C11H11N3O2S/c1-7-13-9(6-17-7)11(16)3-10(15)8-4-12-14(2)5-8/h4-6H,3H2,1-2H3. The summed E-state index contributed by atoms with van der Waals surface area (Å²) in [6.45, 7) is 1.82. The van der Waals surface area contributed by atoms with Crippen LogP contribution in [0.25, 0.3) is 0 Å². The largest absolute Gasteiger partial charge is 0.294 e. The van der Waals surface area contributed by atoms with Crippen LogP contribution in [0.15, 0.2) is 17.8 Å². The van der Waals surface area contributed by atoms with Crippen molar-refractivity contribution in [2.75, 3.05) is 0 Å². The van der Waals surface area contributed by atoms with E-state index in [1.807, 2.05) is 6.92 Å². The lowest BCUT2D eigenvalue weighted by atomic mass is 10.1. The number of ketones is 2. The molecule has 17 heavy (non-hydrogen) atoms. The second-order valence-corrected chi connectivity index (χ2v) is 4.74. The Labute approximate surface area is 102 Å². The highest BCUT2D eigenvalue weighted by Crippen LogP contribution is 2.11. The molecule has 0 aliphatic heterocycles. The molecule has 0 bridgehead atoms. The number of rotatable bonds is 4. The van der Waals surface area contributed by atoms with Crippen LogP contribution in [0.1, 0.15) is 32.3 Å². The Morgan fingerprint density at radius 3 is 2.71 bits per heavy atom. The lowest BCUT2D eigenvalue weighted by molar-refractivity contribution is 0.0891. The van der Waals surface area contributed by atoms with E-state index in [-0.39, 0.29) is 18.0 Å². The fraction of sp³-hybridized carbons (Fsp3) is 0.273. The molecule has 0 spiro atoms. The molecule has 0 radical (unpaired) electrons. The van der Waals surface area contributed by atoms with Crippen molar-refractivity contribution in [1.82, 2.24) is 14.8 Å². The Bertz CT molecular complexity index is 521. The van der Waals surface area contributed by atoms with Crippen molar-refractivity contribution in [1.29, 1.82) is 0 Å². The first-order valence-electron chi connectivity index (χ1n) is 5.03. The average Bonchev–Trinajstić information content (AvgIpc) is 2.87. The highest BCUT2D eigenvalue weighted by Gasteiger charge is 2.16. The third-order valence-corrected chi connectivity index (χ3v) is 3.03. The van der Waals surface area contributed by atoms with Gasteiger partial charge in [-0.05, 0) is 6.92 Å². The molecule has 88 valence electrons. The molecule has 0 saturated carbocycles. The van der Waals surface area contributed by atoms with Crippen LogP contribution in [-0.4, -0.2) is 26.3 Å². The zero-order chi connectivity index (χ0) is 12.4. The SMILES string of the molecule is Cc1nc(C(=O)CC(=O)c2cnn(C)c2)cs1. The van der Waals surface area contributed by atoms with Gasteiger partial charge in [-0.1, -0.05) is 0 Å². The number of aryl methyl sites for hydroxylation is 2. The van der Waals surface area contributed by atoms with Crippen LogP contribution in [0, 0.1) is 6.92 Å². The summed E-state index contributed by atoms with van der Waals surface area (Å²) in [7, 11) is 1.72. The molecule has 0 aliphatic carbocycles. The van der Waals surface area contributed by atoms with Crippen LogP contribution in [0.2, 0.25) is 0 Å². The molecule has 0 unspecified atom stereocenters. The van der Waals surface area contributed by atoms with E-state index in [2.05, 4.69) is 10.1 Å². The highest BCUT2D eigenvalue weighted by molar-refractivity contribution is 7.09. The van der Waals surface area contributed by atoms with E-state index in [1.54, 1.807) is 18.6 Å². The lowest BCUT2D eigenvalue weighted by Gasteiger charge is -1.94. The van der Waals surface area contributed by atoms with Gasteiger partial charge in [-0.25, -0.2) is 4.98 Å². The topological polar surface area (TPSA) is 64.8 Å². The Hall–Kier alpha value is -1.82. The van der Waals surface area contributed by atoms with Crippen molar-refractivity contribution in [3.05, 3.63) is 34.0 Å². The number of thiazole rings is 1. The van der Waals surface area contributed by atoms with Crippen LogP contribution in [0.5, 0.6) is 0 Å². The molecule has 0 atom stereocenters. The number of carbonyl (C=O) groups excluding carboxylic acids is 2. The molecule has 6 heteroatoms. The average molecular weight is 249 g/mol. The van der Waals surface area contributed by atoms with Gasteiger partial charge < -0.3 is 0 Å². The van der Waals surface area contributed by atoms with Crippen molar-refractivity contribution in [2.45, 2.75) is 13.3 Å². The van der Waals surface area contributed by atoms with Crippen molar-refractivity contribution in [2.24, 2.45) is 7.05 Å². The third-order valence-electron chi connectivity index (χ3n) is 2.25. The van der Waals surface area contributed by atoms with Crippen molar-refractivity contribution < 1.29 is 9.59 Å². The van der Waals surface area contributed by atoms with E-state index < -0.39 is 0 Å². The van der Waals surface area contributed by atoms with Gasteiger partial charge in [0.05, 0.1) is 23.2 Å². The molecule has 0 aromatic carbocycles. The number of carbonyl (C=O) groups is 2. The van der Waals surface area contributed by atoms with Gasteiger partial charge in [0.15, 0.2) is 11.6 Å². The Balaban J connectivity index is 2.07. The fourth-order valence-corrected chi connectivity index (χ4v) is 2.01. The summed E-state index contributed by atoms with van der Waals surface area (Å²) < 4.78 is 1.53. The minimum Gasteiger partial charge on any atom is -0.294 e. The maximum atomic E-state index is 11.8.